The Labute approximate surface area is 127 Å². The van der Waals surface area contributed by atoms with Gasteiger partial charge in [0.1, 0.15) is 30.7 Å². The monoisotopic (exact) mass is 327 g/mol. The number of anilines is 1. The van der Waals surface area contributed by atoms with Crippen LogP contribution < -0.4 is 4.90 Å². The number of rotatable bonds is 6. The number of hydrogen-bond donors (Lipinski definition) is 0. The van der Waals surface area contributed by atoms with Gasteiger partial charge in [0.05, 0.1) is 6.54 Å². The normalized spacial score (nSPS) is 11.3. The molecule has 3 aromatic rings. The first-order chi connectivity index (χ1) is 10.6. The van der Waals surface area contributed by atoms with Gasteiger partial charge in [0, 0.05) is 13.1 Å². The van der Waals surface area contributed by atoms with E-state index < -0.39 is 13.0 Å². The molecular weight excluding hydrogens is 316 g/mol. The highest BCUT2D eigenvalue weighted by molar-refractivity contribution is 7.18. The van der Waals surface area contributed by atoms with Crippen LogP contribution in [-0.2, 0) is 13.1 Å². The van der Waals surface area contributed by atoms with E-state index in [2.05, 4.69) is 25.4 Å². The summed E-state index contributed by atoms with van der Waals surface area (Å²) < 4.78 is 30.9. The van der Waals surface area contributed by atoms with Crippen LogP contribution in [0.15, 0.2) is 23.2 Å². The average molecular weight is 327 g/mol. The summed E-state index contributed by atoms with van der Waals surface area (Å²) in [5.74, 6) is 0.431. The molecule has 0 atom stereocenters. The van der Waals surface area contributed by atoms with Crippen LogP contribution in [-0.4, -0.2) is 43.6 Å². The quantitative estimate of drug-likeness (QED) is 0.681. The number of alkyl halides is 2. The van der Waals surface area contributed by atoms with Crippen molar-refractivity contribution < 1.29 is 13.3 Å². The summed E-state index contributed by atoms with van der Waals surface area (Å²) in [6.45, 7) is -0.191. The fourth-order valence-corrected chi connectivity index (χ4v) is 2.54. The summed E-state index contributed by atoms with van der Waals surface area (Å²) in [5, 5.41) is 16.9. The Balaban J connectivity index is 1.72. The smallest absolute Gasteiger partial charge is 0.257 e. The molecule has 0 saturated heterocycles. The van der Waals surface area contributed by atoms with E-state index in [1.54, 1.807) is 18.0 Å². The third-order valence-corrected chi connectivity index (χ3v) is 3.84. The van der Waals surface area contributed by atoms with Crippen molar-refractivity contribution in [3.63, 3.8) is 0 Å². The maximum Gasteiger partial charge on any atom is 0.257 e. The third-order valence-electron chi connectivity index (χ3n) is 2.78. The number of nitrogens with zero attached hydrogens (tertiary/aromatic N) is 7. The Morgan fingerprint density at radius 2 is 2.27 bits per heavy atom. The lowest BCUT2D eigenvalue weighted by atomic mass is 10.5. The molecule has 0 aliphatic heterocycles. The first-order valence-corrected chi connectivity index (χ1v) is 7.05. The van der Waals surface area contributed by atoms with Gasteiger partial charge < -0.3 is 9.42 Å². The van der Waals surface area contributed by atoms with E-state index in [1.165, 1.54) is 28.6 Å². The Bertz CT molecular complexity index is 726. The van der Waals surface area contributed by atoms with Crippen LogP contribution in [0.3, 0.4) is 0 Å². The van der Waals surface area contributed by atoms with Crippen LogP contribution in [0.2, 0.25) is 0 Å². The molecule has 0 amide bonds. The van der Waals surface area contributed by atoms with E-state index in [1.807, 2.05) is 0 Å². The average Bonchev–Trinajstić information content (AvgIpc) is 3.18. The fraction of sp³-hybridized carbons (Fsp3) is 0.364. The van der Waals surface area contributed by atoms with Gasteiger partial charge in [0.15, 0.2) is 5.01 Å². The Hall–Kier alpha value is -2.43. The van der Waals surface area contributed by atoms with E-state index in [-0.39, 0.29) is 0 Å². The highest BCUT2D eigenvalue weighted by Crippen LogP contribution is 2.27. The molecule has 0 N–H and O–H groups in total. The first-order valence-electron chi connectivity index (χ1n) is 6.23. The SMILES string of the molecule is CN(Cc1ncnn1CC(F)F)c1nnc(-c2ccon2)s1. The minimum absolute atomic E-state index is 0.292. The molecule has 0 aromatic carbocycles. The summed E-state index contributed by atoms with van der Waals surface area (Å²) >= 11 is 1.32. The predicted octanol–water partition coefficient (Wildman–Crippen LogP) is 1.69. The molecule has 0 spiro atoms. The van der Waals surface area contributed by atoms with E-state index >= 15 is 0 Å². The molecule has 3 heterocycles. The van der Waals surface area contributed by atoms with E-state index in [9.17, 15) is 8.78 Å². The summed E-state index contributed by atoms with van der Waals surface area (Å²) in [4.78, 5) is 5.75. The van der Waals surface area contributed by atoms with Crippen molar-refractivity contribution in [3.05, 3.63) is 24.5 Å². The Kier molecular flexibility index (Phi) is 4.04. The largest absolute Gasteiger partial charge is 0.364 e. The molecule has 0 aliphatic rings. The second-order valence-corrected chi connectivity index (χ2v) is 5.34. The van der Waals surface area contributed by atoms with E-state index in [4.69, 9.17) is 4.52 Å². The molecule has 0 fully saturated rings. The first kappa shape index (κ1) is 14.5. The van der Waals surface area contributed by atoms with Crippen LogP contribution in [0.1, 0.15) is 5.82 Å². The van der Waals surface area contributed by atoms with Crippen LogP contribution in [0.5, 0.6) is 0 Å². The van der Waals surface area contributed by atoms with Crippen molar-refractivity contribution in [2.24, 2.45) is 0 Å². The Morgan fingerprint density at radius 3 is 3.00 bits per heavy atom. The molecule has 116 valence electrons. The molecule has 8 nitrogen and oxygen atoms in total. The van der Waals surface area contributed by atoms with Crippen LogP contribution >= 0.6 is 11.3 Å². The van der Waals surface area contributed by atoms with Crippen molar-refractivity contribution in [3.8, 4) is 10.7 Å². The highest BCUT2D eigenvalue weighted by atomic mass is 32.1. The molecule has 3 rings (SSSR count). The van der Waals surface area contributed by atoms with Crippen molar-refractivity contribution in [1.82, 2.24) is 30.1 Å². The number of aromatic nitrogens is 6. The van der Waals surface area contributed by atoms with Crippen LogP contribution in [0.25, 0.3) is 10.7 Å². The number of halogens is 2. The van der Waals surface area contributed by atoms with Gasteiger partial charge in [-0.25, -0.2) is 18.4 Å². The van der Waals surface area contributed by atoms with Gasteiger partial charge in [-0.3, -0.25) is 0 Å². The van der Waals surface area contributed by atoms with Crippen LogP contribution in [0, 0.1) is 0 Å². The van der Waals surface area contributed by atoms with Gasteiger partial charge in [0.25, 0.3) is 6.43 Å². The van der Waals surface area contributed by atoms with Crippen molar-refractivity contribution >= 4 is 16.5 Å². The standard InChI is InChI=1S/C11H11F2N7OS/c1-19(5-9-14-6-15-20(9)4-8(12)13)11-17-16-10(22-11)7-2-3-21-18-7/h2-3,6,8H,4-5H2,1H3. The molecule has 0 radical (unpaired) electrons. The molecule has 0 saturated carbocycles. The molecule has 11 heteroatoms. The van der Waals surface area contributed by atoms with Crippen molar-refractivity contribution in [1.29, 1.82) is 0 Å². The zero-order chi connectivity index (χ0) is 15.5. The summed E-state index contributed by atoms with van der Waals surface area (Å²) in [6.07, 6.45) is 0.227. The molecule has 0 bridgehead atoms. The zero-order valence-electron chi connectivity index (χ0n) is 11.4. The fourth-order valence-electron chi connectivity index (χ4n) is 1.77. The molecule has 0 unspecified atom stereocenters. The highest BCUT2D eigenvalue weighted by Gasteiger charge is 2.16. The van der Waals surface area contributed by atoms with Gasteiger partial charge in [0.2, 0.25) is 5.13 Å². The summed E-state index contributed by atoms with van der Waals surface area (Å²) in [5.41, 5.74) is 0.595. The third kappa shape index (κ3) is 3.08. The summed E-state index contributed by atoms with van der Waals surface area (Å²) in [7, 11) is 1.77. The maximum absolute atomic E-state index is 12.5. The van der Waals surface area contributed by atoms with E-state index in [0.29, 0.717) is 28.2 Å². The Morgan fingerprint density at radius 1 is 1.41 bits per heavy atom. The van der Waals surface area contributed by atoms with Crippen LogP contribution in [0.4, 0.5) is 13.9 Å². The minimum atomic E-state index is -2.48. The van der Waals surface area contributed by atoms with Gasteiger partial charge in [-0.15, -0.1) is 10.2 Å². The van der Waals surface area contributed by atoms with E-state index in [0.717, 1.165) is 0 Å². The topological polar surface area (TPSA) is 85.8 Å². The molecule has 0 aliphatic carbocycles. The molecule has 3 aromatic heterocycles. The van der Waals surface area contributed by atoms with Gasteiger partial charge in [-0.2, -0.15) is 5.10 Å². The second-order valence-electron chi connectivity index (χ2n) is 4.38. The lowest BCUT2D eigenvalue weighted by molar-refractivity contribution is 0.120. The van der Waals surface area contributed by atoms with Gasteiger partial charge >= 0.3 is 0 Å². The summed E-state index contributed by atoms with van der Waals surface area (Å²) in [6, 6.07) is 1.68. The van der Waals surface area contributed by atoms with Crippen molar-refractivity contribution in [2.75, 3.05) is 11.9 Å². The number of hydrogen-bond acceptors (Lipinski definition) is 8. The van der Waals surface area contributed by atoms with Crippen molar-refractivity contribution in [2.45, 2.75) is 19.5 Å². The van der Waals surface area contributed by atoms with Gasteiger partial charge in [-0.05, 0) is 0 Å². The molecule has 22 heavy (non-hydrogen) atoms. The second kappa shape index (κ2) is 6.13. The minimum Gasteiger partial charge on any atom is -0.364 e. The molecular formula is C11H11F2N7OS. The lowest BCUT2D eigenvalue weighted by Crippen LogP contribution is -2.21. The maximum atomic E-state index is 12.5. The predicted molar refractivity (Wildman–Crippen MR) is 73.5 cm³/mol. The zero-order valence-corrected chi connectivity index (χ0v) is 12.2. The van der Waals surface area contributed by atoms with Gasteiger partial charge in [-0.1, -0.05) is 16.5 Å². The lowest BCUT2D eigenvalue weighted by Gasteiger charge is -2.14.